The highest BCUT2D eigenvalue weighted by Crippen LogP contribution is 2.20. The molecule has 0 aliphatic carbocycles. The summed E-state index contributed by atoms with van der Waals surface area (Å²) in [7, 11) is -2.99. The summed E-state index contributed by atoms with van der Waals surface area (Å²) >= 11 is 0. The third-order valence-electron chi connectivity index (χ3n) is 3.88. The van der Waals surface area contributed by atoms with E-state index in [4.69, 9.17) is 4.74 Å². The van der Waals surface area contributed by atoms with Gasteiger partial charge >= 0.3 is 0 Å². The Balaban J connectivity index is 0.00000450. The summed E-state index contributed by atoms with van der Waals surface area (Å²) in [5, 5.41) is 6.34. The van der Waals surface area contributed by atoms with Gasteiger partial charge in [-0.3, -0.25) is 0 Å². The smallest absolute Gasteiger partial charge is 0.219 e. The molecule has 1 aromatic heterocycles. The number of aliphatic imine (C=N–C) groups is 1. The van der Waals surface area contributed by atoms with E-state index in [0.717, 1.165) is 5.56 Å². The molecule has 0 aliphatic rings. The first-order chi connectivity index (χ1) is 13.7. The first kappa shape index (κ1) is 26.1. The number of hydrogen-bond donors (Lipinski definition) is 2. The van der Waals surface area contributed by atoms with Crippen LogP contribution in [0.1, 0.15) is 25.8 Å². The lowest BCUT2D eigenvalue weighted by Gasteiger charge is -2.17. The van der Waals surface area contributed by atoms with Gasteiger partial charge in [0.15, 0.2) is 5.96 Å². The SMILES string of the molecule is CCNC(=NCc1ccc(Oc2cccc(F)c2)nc1)NC(C)CCS(C)(=O)=O.I. The molecule has 166 valence electrons. The number of hydrogen-bond acceptors (Lipinski definition) is 5. The number of sulfone groups is 1. The van der Waals surface area contributed by atoms with Crippen LogP contribution >= 0.6 is 24.0 Å². The zero-order chi connectivity index (χ0) is 21.3. The van der Waals surface area contributed by atoms with Gasteiger partial charge in [0, 0.05) is 37.2 Å². The van der Waals surface area contributed by atoms with Crippen LogP contribution in [0.5, 0.6) is 11.6 Å². The Hall–Kier alpha value is -1.95. The Kier molecular flexibility index (Phi) is 11.0. The second kappa shape index (κ2) is 12.7. The molecule has 0 saturated heterocycles. The monoisotopic (exact) mass is 550 g/mol. The number of benzene rings is 1. The zero-order valence-electron chi connectivity index (χ0n) is 17.3. The molecule has 0 aliphatic heterocycles. The van der Waals surface area contributed by atoms with Crippen molar-refractivity contribution in [1.29, 1.82) is 0 Å². The quantitative estimate of drug-likeness (QED) is 0.282. The molecule has 0 spiro atoms. The van der Waals surface area contributed by atoms with Crippen molar-refractivity contribution in [3.63, 3.8) is 0 Å². The summed E-state index contributed by atoms with van der Waals surface area (Å²) in [6.45, 7) is 4.95. The van der Waals surface area contributed by atoms with E-state index in [9.17, 15) is 12.8 Å². The lowest BCUT2D eigenvalue weighted by molar-refractivity contribution is 0.457. The van der Waals surface area contributed by atoms with Crippen LogP contribution in [-0.4, -0.2) is 44.0 Å². The highest BCUT2D eigenvalue weighted by atomic mass is 127. The van der Waals surface area contributed by atoms with Crippen molar-refractivity contribution in [2.45, 2.75) is 32.9 Å². The molecule has 2 aromatic rings. The maximum atomic E-state index is 13.2. The van der Waals surface area contributed by atoms with Gasteiger partial charge in [-0.25, -0.2) is 22.8 Å². The highest BCUT2D eigenvalue weighted by molar-refractivity contribution is 14.0. The molecule has 30 heavy (non-hydrogen) atoms. The normalized spacial score (nSPS) is 12.6. The van der Waals surface area contributed by atoms with Crippen molar-refractivity contribution < 1.29 is 17.5 Å². The minimum absolute atomic E-state index is 0. The molecule has 10 heteroatoms. The topological polar surface area (TPSA) is 92.7 Å². The fourth-order valence-electron chi connectivity index (χ4n) is 2.40. The van der Waals surface area contributed by atoms with E-state index in [-0.39, 0.29) is 41.6 Å². The number of halogens is 2. The van der Waals surface area contributed by atoms with Crippen LogP contribution in [0.25, 0.3) is 0 Å². The maximum Gasteiger partial charge on any atom is 0.219 e. The van der Waals surface area contributed by atoms with Crippen LogP contribution in [-0.2, 0) is 16.4 Å². The predicted octanol–water partition coefficient (Wildman–Crippen LogP) is 3.51. The van der Waals surface area contributed by atoms with E-state index in [1.54, 1.807) is 24.4 Å². The molecule has 0 fully saturated rings. The highest BCUT2D eigenvalue weighted by Gasteiger charge is 2.09. The second-order valence-electron chi connectivity index (χ2n) is 6.72. The molecular weight excluding hydrogens is 522 g/mol. The summed E-state index contributed by atoms with van der Waals surface area (Å²) < 4.78 is 41.4. The van der Waals surface area contributed by atoms with Crippen molar-refractivity contribution in [2.75, 3.05) is 18.6 Å². The molecule has 0 radical (unpaired) electrons. The summed E-state index contributed by atoms with van der Waals surface area (Å²) in [5.74, 6) is 1.10. The van der Waals surface area contributed by atoms with Gasteiger partial charge in [0.25, 0.3) is 0 Å². The van der Waals surface area contributed by atoms with Crippen molar-refractivity contribution in [2.24, 2.45) is 4.99 Å². The number of pyridine rings is 1. The minimum atomic E-state index is -2.99. The Bertz CT molecular complexity index is 924. The van der Waals surface area contributed by atoms with E-state index in [1.165, 1.54) is 18.4 Å². The van der Waals surface area contributed by atoms with Gasteiger partial charge in [-0.15, -0.1) is 24.0 Å². The molecule has 1 heterocycles. The maximum absolute atomic E-state index is 13.2. The van der Waals surface area contributed by atoms with Crippen molar-refractivity contribution >= 4 is 39.8 Å². The summed E-state index contributed by atoms with van der Waals surface area (Å²) in [6, 6.07) is 9.36. The lowest BCUT2D eigenvalue weighted by Crippen LogP contribution is -2.42. The van der Waals surface area contributed by atoms with Gasteiger partial charge in [-0.05, 0) is 38.0 Å². The van der Waals surface area contributed by atoms with E-state index in [1.807, 2.05) is 19.9 Å². The molecule has 1 unspecified atom stereocenters. The third-order valence-corrected chi connectivity index (χ3v) is 4.86. The van der Waals surface area contributed by atoms with Gasteiger partial charge < -0.3 is 15.4 Å². The minimum Gasteiger partial charge on any atom is -0.439 e. The van der Waals surface area contributed by atoms with Gasteiger partial charge in [0.1, 0.15) is 21.4 Å². The molecule has 2 rings (SSSR count). The molecule has 0 bridgehead atoms. The number of rotatable bonds is 9. The predicted molar refractivity (Wildman–Crippen MR) is 128 cm³/mol. The van der Waals surface area contributed by atoms with Crippen LogP contribution in [0.3, 0.4) is 0 Å². The van der Waals surface area contributed by atoms with E-state index < -0.39 is 9.84 Å². The number of aromatic nitrogens is 1. The molecule has 0 amide bonds. The molecule has 7 nitrogen and oxygen atoms in total. The fraction of sp³-hybridized carbons (Fsp3) is 0.400. The zero-order valence-corrected chi connectivity index (χ0v) is 20.4. The number of ether oxygens (including phenoxy) is 1. The largest absolute Gasteiger partial charge is 0.439 e. The molecule has 0 saturated carbocycles. The standard InChI is InChI=1S/C20H27FN4O3S.HI/c1-4-22-20(25-15(2)10-11-29(3,26)27)24-14-16-8-9-19(23-13-16)28-18-7-5-6-17(21)12-18;/h5-9,12-13,15H,4,10-11,14H2,1-3H3,(H2,22,24,25);1H. The number of nitrogens with zero attached hydrogens (tertiary/aromatic N) is 2. The molecule has 2 N–H and O–H groups in total. The summed E-state index contributed by atoms with van der Waals surface area (Å²) in [4.78, 5) is 8.73. The van der Waals surface area contributed by atoms with Crippen LogP contribution in [0.4, 0.5) is 4.39 Å². The lowest BCUT2D eigenvalue weighted by atomic mass is 10.2. The average Bonchev–Trinajstić information content (AvgIpc) is 2.65. The number of nitrogens with one attached hydrogen (secondary N) is 2. The van der Waals surface area contributed by atoms with Crippen LogP contribution in [0.15, 0.2) is 47.6 Å². The van der Waals surface area contributed by atoms with E-state index >= 15 is 0 Å². The first-order valence-electron chi connectivity index (χ1n) is 9.36. The van der Waals surface area contributed by atoms with Gasteiger partial charge in [-0.1, -0.05) is 12.1 Å². The third kappa shape index (κ3) is 10.2. The Labute approximate surface area is 194 Å². The van der Waals surface area contributed by atoms with Gasteiger partial charge in [0.05, 0.1) is 12.3 Å². The van der Waals surface area contributed by atoms with E-state index in [0.29, 0.717) is 37.1 Å². The molecule has 1 aromatic carbocycles. The second-order valence-corrected chi connectivity index (χ2v) is 8.98. The average molecular weight is 550 g/mol. The van der Waals surface area contributed by atoms with Crippen molar-refractivity contribution in [1.82, 2.24) is 15.6 Å². The Morgan fingerprint density at radius 3 is 2.67 bits per heavy atom. The summed E-state index contributed by atoms with van der Waals surface area (Å²) in [6.07, 6.45) is 3.37. The number of guanidine groups is 1. The molecule has 1 atom stereocenters. The van der Waals surface area contributed by atoms with Gasteiger partial charge in [0.2, 0.25) is 5.88 Å². The van der Waals surface area contributed by atoms with Crippen LogP contribution in [0, 0.1) is 5.82 Å². The van der Waals surface area contributed by atoms with Crippen molar-refractivity contribution in [3.8, 4) is 11.6 Å². The Morgan fingerprint density at radius 1 is 1.30 bits per heavy atom. The van der Waals surface area contributed by atoms with Crippen molar-refractivity contribution in [3.05, 3.63) is 54.0 Å². The Morgan fingerprint density at radius 2 is 2.07 bits per heavy atom. The van der Waals surface area contributed by atoms with Crippen LogP contribution in [0.2, 0.25) is 0 Å². The fourth-order valence-corrected chi connectivity index (χ4v) is 3.18. The molecular formula is C20H28FIN4O3S. The van der Waals surface area contributed by atoms with Gasteiger partial charge in [-0.2, -0.15) is 0 Å². The first-order valence-corrected chi connectivity index (χ1v) is 11.4. The van der Waals surface area contributed by atoms with E-state index in [2.05, 4.69) is 20.6 Å². The summed E-state index contributed by atoms with van der Waals surface area (Å²) in [5.41, 5.74) is 0.873. The van der Waals surface area contributed by atoms with Crippen LogP contribution < -0.4 is 15.4 Å².